The van der Waals surface area contributed by atoms with Gasteiger partial charge >= 0.3 is 0 Å². The average molecular weight is 252 g/mol. The zero-order valence-electron chi connectivity index (χ0n) is 12.0. The summed E-state index contributed by atoms with van der Waals surface area (Å²) in [4.78, 5) is 14.2. The molecule has 1 amide bonds. The Bertz CT molecular complexity index is 285. The van der Waals surface area contributed by atoms with E-state index in [9.17, 15) is 4.79 Å². The molecule has 2 rings (SSSR count). The molecule has 2 N–H and O–H groups in total. The Morgan fingerprint density at radius 3 is 2.22 bits per heavy atom. The van der Waals surface area contributed by atoms with Crippen LogP contribution in [0.3, 0.4) is 0 Å². The predicted octanol–water partition coefficient (Wildman–Crippen LogP) is 2.54. The van der Waals surface area contributed by atoms with Crippen molar-refractivity contribution in [2.45, 2.75) is 64.8 Å². The first-order chi connectivity index (χ1) is 8.52. The largest absolute Gasteiger partial charge is 0.343 e. The summed E-state index contributed by atoms with van der Waals surface area (Å²) in [5.41, 5.74) is 6.59. The van der Waals surface area contributed by atoms with Gasteiger partial charge in [-0.15, -0.1) is 0 Å². The van der Waals surface area contributed by atoms with Crippen molar-refractivity contribution in [1.82, 2.24) is 4.90 Å². The predicted molar refractivity (Wildman–Crippen MR) is 74.1 cm³/mol. The topological polar surface area (TPSA) is 46.3 Å². The van der Waals surface area contributed by atoms with E-state index in [1.54, 1.807) is 0 Å². The lowest BCUT2D eigenvalue weighted by Gasteiger charge is -2.39. The third-order valence-corrected chi connectivity index (χ3v) is 5.11. The molecular weight excluding hydrogens is 224 g/mol. The summed E-state index contributed by atoms with van der Waals surface area (Å²) in [5.74, 6) is 0.656. The third kappa shape index (κ3) is 3.05. The van der Waals surface area contributed by atoms with Crippen molar-refractivity contribution in [2.24, 2.45) is 17.1 Å². The second-order valence-electron chi connectivity index (χ2n) is 6.70. The van der Waals surface area contributed by atoms with E-state index >= 15 is 0 Å². The first-order valence-electron chi connectivity index (χ1n) is 7.56. The summed E-state index contributed by atoms with van der Waals surface area (Å²) < 4.78 is 0. The number of nitrogens with zero attached hydrogens (tertiary/aromatic N) is 1. The number of hydrogen-bond acceptors (Lipinski definition) is 2. The van der Waals surface area contributed by atoms with Crippen molar-refractivity contribution < 1.29 is 4.79 Å². The molecule has 0 aromatic rings. The van der Waals surface area contributed by atoms with Crippen LogP contribution in [0.4, 0.5) is 0 Å². The molecule has 1 aliphatic carbocycles. The van der Waals surface area contributed by atoms with E-state index in [0.717, 1.165) is 13.1 Å². The lowest BCUT2D eigenvalue weighted by molar-refractivity contribution is -0.134. The summed E-state index contributed by atoms with van der Waals surface area (Å²) in [7, 11) is 0. The molecule has 0 bridgehead atoms. The average Bonchev–Trinajstić information content (AvgIpc) is 2.78. The van der Waals surface area contributed by atoms with Gasteiger partial charge in [-0.25, -0.2) is 0 Å². The maximum atomic E-state index is 12.2. The van der Waals surface area contributed by atoms with Crippen LogP contribution in [-0.2, 0) is 4.79 Å². The van der Waals surface area contributed by atoms with E-state index in [1.165, 1.54) is 38.5 Å². The fraction of sp³-hybridized carbons (Fsp3) is 0.933. The molecule has 0 aromatic carbocycles. The van der Waals surface area contributed by atoms with Crippen molar-refractivity contribution in [1.29, 1.82) is 0 Å². The Morgan fingerprint density at radius 1 is 1.17 bits per heavy atom. The second kappa shape index (κ2) is 5.60. The van der Waals surface area contributed by atoms with Gasteiger partial charge in [-0.1, -0.05) is 26.7 Å². The number of nitrogens with two attached hydrogens (primary N) is 1. The fourth-order valence-electron chi connectivity index (χ4n) is 3.42. The minimum atomic E-state index is 0.0138. The molecule has 18 heavy (non-hydrogen) atoms. The van der Waals surface area contributed by atoms with Crippen LogP contribution in [-0.4, -0.2) is 29.9 Å². The number of likely N-dealkylation sites (tertiary alicyclic amines) is 1. The highest BCUT2D eigenvalue weighted by molar-refractivity contribution is 5.77. The lowest BCUT2D eigenvalue weighted by atomic mass is 9.77. The van der Waals surface area contributed by atoms with Gasteiger partial charge in [-0.2, -0.15) is 0 Å². The fourth-order valence-corrected chi connectivity index (χ4v) is 3.42. The van der Waals surface area contributed by atoms with E-state index in [4.69, 9.17) is 5.73 Å². The van der Waals surface area contributed by atoms with Gasteiger partial charge in [0.05, 0.1) is 0 Å². The van der Waals surface area contributed by atoms with Crippen molar-refractivity contribution in [2.75, 3.05) is 13.1 Å². The smallest absolute Gasteiger partial charge is 0.224 e. The van der Waals surface area contributed by atoms with Crippen LogP contribution in [0.2, 0.25) is 0 Å². The Labute approximate surface area is 111 Å². The number of piperidine rings is 1. The van der Waals surface area contributed by atoms with Crippen LogP contribution in [0.25, 0.3) is 0 Å². The molecule has 3 nitrogen and oxygen atoms in total. The summed E-state index contributed by atoms with van der Waals surface area (Å²) in [6.07, 6.45) is 8.52. The third-order valence-electron chi connectivity index (χ3n) is 5.11. The first kappa shape index (κ1) is 13.9. The highest BCUT2D eigenvalue weighted by Crippen LogP contribution is 2.46. The minimum absolute atomic E-state index is 0.0138. The van der Waals surface area contributed by atoms with Crippen LogP contribution in [0, 0.1) is 11.3 Å². The second-order valence-corrected chi connectivity index (χ2v) is 6.70. The molecule has 1 heterocycles. The van der Waals surface area contributed by atoms with Crippen molar-refractivity contribution in [3.8, 4) is 0 Å². The van der Waals surface area contributed by atoms with Crippen LogP contribution >= 0.6 is 0 Å². The van der Waals surface area contributed by atoms with E-state index in [2.05, 4.69) is 13.8 Å². The van der Waals surface area contributed by atoms with Crippen molar-refractivity contribution in [3.63, 3.8) is 0 Å². The molecular formula is C15H28N2O. The van der Waals surface area contributed by atoms with Crippen LogP contribution in [0.15, 0.2) is 0 Å². The Hall–Kier alpha value is -0.570. The maximum absolute atomic E-state index is 12.2. The van der Waals surface area contributed by atoms with E-state index in [0.29, 0.717) is 17.8 Å². The Kier molecular flexibility index (Phi) is 4.31. The maximum Gasteiger partial charge on any atom is 0.224 e. The minimum Gasteiger partial charge on any atom is -0.343 e. The highest BCUT2D eigenvalue weighted by atomic mass is 16.2. The SMILES string of the molecule is CC(C)C(N)CC(=O)N1CCC2(CCCC2)CC1. The zero-order valence-corrected chi connectivity index (χ0v) is 12.0. The molecule has 104 valence electrons. The van der Waals surface area contributed by atoms with E-state index in [1.807, 2.05) is 4.90 Å². The van der Waals surface area contributed by atoms with Gasteiger partial charge in [0.1, 0.15) is 0 Å². The number of hydrogen-bond donors (Lipinski definition) is 1. The molecule has 3 heteroatoms. The standard InChI is InChI=1S/C15H28N2O/c1-12(2)13(16)11-14(18)17-9-7-15(8-10-17)5-3-4-6-15/h12-13H,3-11,16H2,1-2H3. The Morgan fingerprint density at radius 2 is 1.72 bits per heavy atom. The zero-order chi connectivity index (χ0) is 13.2. The van der Waals surface area contributed by atoms with Crippen molar-refractivity contribution >= 4 is 5.91 Å². The lowest BCUT2D eigenvalue weighted by Crippen LogP contribution is -2.44. The highest BCUT2D eigenvalue weighted by Gasteiger charge is 2.37. The van der Waals surface area contributed by atoms with E-state index < -0.39 is 0 Å². The first-order valence-corrected chi connectivity index (χ1v) is 7.56. The summed E-state index contributed by atoms with van der Waals surface area (Å²) in [5, 5.41) is 0. The molecule has 1 saturated heterocycles. The molecule has 1 aliphatic heterocycles. The number of carbonyl (C=O) groups excluding carboxylic acids is 1. The molecule has 2 aliphatic rings. The molecule has 0 aromatic heterocycles. The normalized spacial score (nSPS) is 24.8. The van der Waals surface area contributed by atoms with Gasteiger partial charge in [-0.05, 0) is 37.0 Å². The molecule has 1 spiro atoms. The molecule has 1 saturated carbocycles. The van der Waals surface area contributed by atoms with Crippen molar-refractivity contribution in [3.05, 3.63) is 0 Å². The van der Waals surface area contributed by atoms with E-state index in [-0.39, 0.29) is 11.9 Å². The van der Waals surface area contributed by atoms with Gasteiger partial charge in [-0.3, -0.25) is 4.79 Å². The van der Waals surface area contributed by atoms with Crippen LogP contribution in [0.1, 0.15) is 58.8 Å². The summed E-state index contributed by atoms with van der Waals surface area (Å²) in [6, 6.07) is 0.0138. The molecule has 1 unspecified atom stereocenters. The van der Waals surface area contributed by atoms with Crippen LogP contribution in [0.5, 0.6) is 0 Å². The number of rotatable bonds is 3. The number of carbonyl (C=O) groups is 1. The molecule has 1 atom stereocenters. The van der Waals surface area contributed by atoms with Gasteiger partial charge in [0, 0.05) is 25.6 Å². The number of amides is 1. The van der Waals surface area contributed by atoms with Crippen LogP contribution < -0.4 is 5.73 Å². The molecule has 2 fully saturated rings. The summed E-state index contributed by atoms with van der Waals surface area (Å²) in [6.45, 7) is 6.09. The molecule has 0 radical (unpaired) electrons. The quantitative estimate of drug-likeness (QED) is 0.839. The van der Waals surface area contributed by atoms with Gasteiger partial charge in [0.2, 0.25) is 5.91 Å². The van der Waals surface area contributed by atoms with Gasteiger partial charge in [0.15, 0.2) is 0 Å². The monoisotopic (exact) mass is 252 g/mol. The van der Waals surface area contributed by atoms with Gasteiger partial charge < -0.3 is 10.6 Å². The summed E-state index contributed by atoms with van der Waals surface area (Å²) >= 11 is 0. The Balaban J connectivity index is 1.80. The van der Waals surface area contributed by atoms with Gasteiger partial charge in [0.25, 0.3) is 0 Å².